The molecule has 1 aliphatic heterocycles. The van der Waals surface area contributed by atoms with E-state index in [1.165, 1.54) is 29.3 Å². The largest absolute Gasteiger partial charge is 0.349 e. The Morgan fingerprint density at radius 2 is 1.68 bits per heavy atom. The molecule has 0 spiro atoms. The van der Waals surface area contributed by atoms with E-state index in [0.29, 0.717) is 18.7 Å². The molecule has 0 radical (unpaired) electrons. The lowest BCUT2D eigenvalue weighted by molar-refractivity contribution is 0.0933. The minimum atomic E-state index is -3.64. The molecule has 5 nitrogen and oxygen atoms in total. The second-order valence-corrected chi connectivity index (χ2v) is 9.23. The van der Waals surface area contributed by atoms with Crippen LogP contribution in [0.3, 0.4) is 0 Å². The summed E-state index contributed by atoms with van der Waals surface area (Å²) in [5, 5.41) is 3.22. The van der Waals surface area contributed by atoms with E-state index in [9.17, 15) is 13.2 Å². The van der Waals surface area contributed by atoms with Crippen LogP contribution in [0.15, 0.2) is 23.1 Å². The van der Waals surface area contributed by atoms with E-state index in [1.807, 2.05) is 0 Å². The van der Waals surface area contributed by atoms with Gasteiger partial charge in [-0.2, -0.15) is 4.31 Å². The maximum atomic E-state index is 12.8. The topological polar surface area (TPSA) is 66.5 Å². The number of sulfonamides is 1. The van der Waals surface area contributed by atoms with Gasteiger partial charge in [0.05, 0.1) is 5.02 Å². The van der Waals surface area contributed by atoms with E-state index in [1.54, 1.807) is 6.07 Å². The number of amides is 1. The summed E-state index contributed by atoms with van der Waals surface area (Å²) in [6, 6.07) is 4.69. The molecule has 2 aliphatic rings. The third kappa shape index (κ3) is 4.36. The van der Waals surface area contributed by atoms with Crippen molar-refractivity contribution in [2.75, 3.05) is 13.1 Å². The van der Waals surface area contributed by atoms with Gasteiger partial charge in [-0.25, -0.2) is 8.42 Å². The Morgan fingerprint density at radius 1 is 1.04 bits per heavy atom. The number of carbonyl (C=O) groups excluding carboxylic acids is 1. The Morgan fingerprint density at radius 3 is 2.32 bits per heavy atom. The van der Waals surface area contributed by atoms with E-state index in [0.717, 1.165) is 38.5 Å². The summed E-state index contributed by atoms with van der Waals surface area (Å²) in [6.45, 7) is 1.02. The quantitative estimate of drug-likeness (QED) is 0.807. The zero-order valence-electron chi connectivity index (χ0n) is 14.3. The molecule has 7 heteroatoms. The molecule has 3 rings (SSSR count). The van der Waals surface area contributed by atoms with Gasteiger partial charge in [-0.05, 0) is 43.9 Å². The van der Waals surface area contributed by atoms with Crippen molar-refractivity contribution in [3.8, 4) is 0 Å². The van der Waals surface area contributed by atoms with E-state index in [2.05, 4.69) is 5.32 Å². The van der Waals surface area contributed by atoms with Crippen molar-refractivity contribution in [2.45, 2.75) is 62.3 Å². The number of hydrogen-bond acceptors (Lipinski definition) is 3. The van der Waals surface area contributed by atoms with Gasteiger partial charge < -0.3 is 5.32 Å². The predicted molar refractivity (Wildman–Crippen MR) is 98.4 cm³/mol. The Balaban J connectivity index is 1.79. The first-order valence-electron chi connectivity index (χ1n) is 9.09. The number of hydrogen-bond donors (Lipinski definition) is 1. The van der Waals surface area contributed by atoms with Crippen molar-refractivity contribution in [3.05, 3.63) is 28.8 Å². The average Bonchev–Trinajstić information content (AvgIpc) is 3.02. The van der Waals surface area contributed by atoms with Crippen molar-refractivity contribution >= 4 is 27.5 Å². The van der Waals surface area contributed by atoms with Crippen LogP contribution in [0.2, 0.25) is 5.02 Å². The molecule has 1 aromatic rings. The molecule has 138 valence electrons. The van der Waals surface area contributed by atoms with Crippen molar-refractivity contribution in [1.29, 1.82) is 0 Å². The van der Waals surface area contributed by atoms with E-state index in [-0.39, 0.29) is 21.9 Å². The Hall–Kier alpha value is -1.11. The molecule has 1 saturated heterocycles. The molecule has 1 heterocycles. The van der Waals surface area contributed by atoms with Crippen LogP contribution in [-0.2, 0) is 10.0 Å². The third-order valence-corrected chi connectivity index (χ3v) is 7.45. The van der Waals surface area contributed by atoms with Gasteiger partial charge in [0.1, 0.15) is 4.90 Å². The zero-order chi connectivity index (χ0) is 17.9. The highest BCUT2D eigenvalue weighted by molar-refractivity contribution is 7.89. The van der Waals surface area contributed by atoms with Crippen molar-refractivity contribution in [2.24, 2.45) is 0 Å². The summed E-state index contributed by atoms with van der Waals surface area (Å²) in [5.41, 5.74) is 0.353. The normalized spacial score (nSPS) is 20.4. The summed E-state index contributed by atoms with van der Waals surface area (Å²) < 4.78 is 27.0. The number of rotatable bonds is 4. The minimum absolute atomic E-state index is 0.0320. The van der Waals surface area contributed by atoms with Crippen LogP contribution in [0.1, 0.15) is 61.7 Å². The Bertz CT molecular complexity index is 722. The number of carbonyl (C=O) groups is 1. The molecular weight excluding hydrogens is 360 g/mol. The van der Waals surface area contributed by atoms with E-state index >= 15 is 0 Å². The van der Waals surface area contributed by atoms with E-state index in [4.69, 9.17) is 11.6 Å². The molecule has 1 aliphatic carbocycles. The number of benzene rings is 1. The lowest BCUT2D eigenvalue weighted by Gasteiger charge is -2.19. The first kappa shape index (κ1) is 18.7. The molecule has 0 bridgehead atoms. The molecule has 1 amide bonds. The summed E-state index contributed by atoms with van der Waals surface area (Å²) in [4.78, 5) is 12.6. The van der Waals surface area contributed by atoms with Gasteiger partial charge in [0.2, 0.25) is 10.0 Å². The first-order chi connectivity index (χ1) is 12.0. The van der Waals surface area contributed by atoms with Crippen LogP contribution in [0.5, 0.6) is 0 Å². The van der Waals surface area contributed by atoms with Gasteiger partial charge in [0.15, 0.2) is 0 Å². The zero-order valence-corrected chi connectivity index (χ0v) is 15.9. The minimum Gasteiger partial charge on any atom is -0.349 e. The molecule has 2 fully saturated rings. The maximum Gasteiger partial charge on any atom is 0.251 e. The highest BCUT2D eigenvalue weighted by atomic mass is 35.5. The van der Waals surface area contributed by atoms with Crippen molar-refractivity contribution in [3.63, 3.8) is 0 Å². The monoisotopic (exact) mass is 384 g/mol. The summed E-state index contributed by atoms with van der Waals surface area (Å²) in [5.74, 6) is -0.221. The van der Waals surface area contributed by atoms with Gasteiger partial charge in [-0.1, -0.05) is 37.3 Å². The highest BCUT2D eigenvalue weighted by Crippen LogP contribution is 2.28. The van der Waals surface area contributed by atoms with Crippen LogP contribution in [0.4, 0.5) is 0 Å². The first-order valence-corrected chi connectivity index (χ1v) is 10.9. The summed E-state index contributed by atoms with van der Waals surface area (Å²) in [6.07, 6.45) is 8.37. The number of halogens is 1. The van der Waals surface area contributed by atoms with Crippen LogP contribution in [-0.4, -0.2) is 37.8 Å². The fourth-order valence-electron chi connectivity index (χ4n) is 3.60. The molecule has 1 saturated carbocycles. The van der Waals surface area contributed by atoms with Crippen molar-refractivity contribution < 1.29 is 13.2 Å². The second kappa shape index (κ2) is 8.06. The summed E-state index contributed by atoms with van der Waals surface area (Å²) >= 11 is 6.14. The number of nitrogens with zero attached hydrogens (tertiary/aromatic N) is 1. The van der Waals surface area contributed by atoms with Gasteiger partial charge in [-0.3, -0.25) is 4.79 Å². The Labute approximate surface area is 154 Å². The molecule has 0 unspecified atom stereocenters. The van der Waals surface area contributed by atoms with Gasteiger partial charge in [-0.15, -0.1) is 0 Å². The number of nitrogens with one attached hydrogen (secondary N) is 1. The average molecular weight is 385 g/mol. The standard InChI is InChI=1S/C18H25ClN2O3S/c19-16-10-9-14(18(22)20-15-7-3-1-2-4-8-15)13-17(16)25(23,24)21-11-5-6-12-21/h9-10,13,15H,1-8,11-12H2,(H,20,22). The van der Waals surface area contributed by atoms with Crippen LogP contribution < -0.4 is 5.32 Å². The lowest BCUT2D eigenvalue weighted by atomic mass is 10.1. The molecule has 0 atom stereocenters. The highest BCUT2D eigenvalue weighted by Gasteiger charge is 2.30. The van der Waals surface area contributed by atoms with Gasteiger partial charge >= 0.3 is 0 Å². The summed E-state index contributed by atoms with van der Waals surface area (Å²) in [7, 11) is -3.64. The van der Waals surface area contributed by atoms with Crippen LogP contribution in [0, 0.1) is 0 Å². The lowest BCUT2D eigenvalue weighted by Crippen LogP contribution is -2.34. The third-order valence-electron chi connectivity index (χ3n) is 5.07. The van der Waals surface area contributed by atoms with E-state index < -0.39 is 10.0 Å². The Kier molecular flexibility index (Phi) is 6.02. The molecule has 1 N–H and O–H groups in total. The van der Waals surface area contributed by atoms with Crippen molar-refractivity contribution in [1.82, 2.24) is 9.62 Å². The fraction of sp³-hybridized carbons (Fsp3) is 0.611. The second-order valence-electron chi connectivity index (χ2n) is 6.92. The predicted octanol–water partition coefficient (Wildman–Crippen LogP) is 3.58. The maximum absolute atomic E-state index is 12.8. The van der Waals surface area contributed by atoms with Gasteiger partial charge in [0, 0.05) is 24.7 Å². The molecule has 1 aromatic carbocycles. The van der Waals surface area contributed by atoms with Gasteiger partial charge in [0.25, 0.3) is 5.91 Å². The molecular formula is C18H25ClN2O3S. The molecule has 25 heavy (non-hydrogen) atoms. The SMILES string of the molecule is O=C(NC1CCCCCC1)c1ccc(Cl)c(S(=O)(=O)N2CCCC2)c1. The smallest absolute Gasteiger partial charge is 0.251 e. The molecule has 0 aromatic heterocycles. The van der Waals surface area contributed by atoms with Crippen LogP contribution >= 0.6 is 11.6 Å². The van der Waals surface area contributed by atoms with Crippen LogP contribution in [0.25, 0.3) is 0 Å². The fourth-order valence-corrected chi connectivity index (χ4v) is 5.62.